The number of nitrogens with zero attached hydrogens (tertiary/aromatic N) is 2. The normalized spacial score (nSPS) is 20.1. The van der Waals surface area contributed by atoms with Crippen LogP contribution in [-0.4, -0.2) is 34.6 Å². The summed E-state index contributed by atoms with van der Waals surface area (Å²) in [6.07, 6.45) is 0.394. The second kappa shape index (κ2) is 7.05. The molecule has 0 saturated carbocycles. The summed E-state index contributed by atoms with van der Waals surface area (Å²) in [5.74, 6) is 0.905. The molecule has 0 aliphatic carbocycles. The zero-order valence-corrected chi connectivity index (χ0v) is 15.6. The van der Waals surface area contributed by atoms with Crippen molar-refractivity contribution in [2.75, 3.05) is 11.5 Å². The molecule has 4 rings (SSSR count). The molecule has 1 aliphatic rings. The summed E-state index contributed by atoms with van der Waals surface area (Å²) in [6.45, 7) is 0.279. The van der Waals surface area contributed by atoms with E-state index >= 15 is 0 Å². The van der Waals surface area contributed by atoms with Crippen molar-refractivity contribution in [3.63, 3.8) is 0 Å². The van der Waals surface area contributed by atoms with Crippen molar-refractivity contribution in [2.45, 2.75) is 25.5 Å². The highest BCUT2D eigenvalue weighted by molar-refractivity contribution is 7.91. The van der Waals surface area contributed by atoms with E-state index in [1.807, 2.05) is 28.8 Å². The fraction of sp³-hybridized carbons (Fsp3) is 0.350. The summed E-state index contributed by atoms with van der Waals surface area (Å²) >= 11 is 0. The number of sulfone groups is 1. The lowest BCUT2D eigenvalue weighted by Crippen LogP contribution is -2.15. The molecule has 2 atom stereocenters. The maximum atomic E-state index is 13.1. The largest absolute Gasteiger partial charge is 0.387 e. The Morgan fingerprint density at radius 1 is 1.19 bits per heavy atom. The highest BCUT2D eigenvalue weighted by Crippen LogP contribution is 2.27. The standard InChI is InChI=1S/C20H21FN2O3S/c21-16-7-5-15(6-8-16)19(24)12-23-18-4-2-1-3-17(18)22-20(23)11-14-9-10-27(25,26)13-14/h1-8,14,19,24H,9-13H2/t14-,19-/m0/s1. The van der Waals surface area contributed by atoms with E-state index in [1.54, 1.807) is 12.1 Å². The predicted molar refractivity (Wildman–Crippen MR) is 102 cm³/mol. The SMILES string of the molecule is O=S1(=O)CC[C@@H](Cc2nc3ccccc3n2C[C@H](O)c2ccc(F)cc2)C1. The van der Waals surface area contributed by atoms with E-state index in [1.165, 1.54) is 12.1 Å². The summed E-state index contributed by atoms with van der Waals surface area (Å²) in [6, 6.07) is 13.5. The van der Waals surface area contributed by atoms with E-state index in [4.69, 9.17) is 0 Å². The molecule has 2 heterocycles. The van der Waals surface area contributed by atoms with Crippen LogP contribution in [0.2, 0.25) is 0 Å². The average molecular weight is 388 g/mol. The van der Waals surface area contributed by atoms with E-state index in [0.717, 1.165) is 16.9 Å². The van der Waals surface area contributed by atoms with E-state index in [9.17, 15) is 17.9 Å². The summed E-state index contributed by atoms with van der Waals surface area (Å²) in [5.41, 5.74) is 2.35. The number of fused-ring (bicyclic) bond motifs is 1. The first kappa shape index (κ1) is 18.1. The van der Waals surface area contributed by atoms with Gasteiger partial charge in [-0.05, 0) is 42.2 Å². The van der Waals surface area contributed by atoms with Crippen LogP contribution in [0.5, 0.6) is 0 Å². The van der Waals surface area contributed by atoms with E-state index in [2.05, 4.69) is 4.98 Å². The van der Waals surface area contributed by atoms with Crippen LogP contribution in [0, 0.1) is 11.7 Å². The van der Waals surface area contributed by atoms with Crippen LogP contribution in [0.15, 0.2) is 48.5 Å². The minimum Gasteiger partial charge on any atom is -0.387 e. The molecule has 0 amide bonds. The molecule has 0 spiro atoms. The van der Waals surface area contributed by atoms with Gasteiger partial charge in [0.1, 0.15) is 11.6 Å². The Kier molecular flexibility index (Phi) is 4.74. The fourth-order valence-corrected chi connectivity index (χ4v) is 5.60. The topological polar surface area (TPSA) is 72.2 Å². The van der Waals surface area contributed by atoms with Crippen molar-refractivity contribution < 1.29 is 17.9 Å². The van der Waals surface area contributed by atoms with Gasteiger partial charge in [-0.2, -0.15) is 0 Å². The van der Waals surface area contributed by atoms with Crippen LogP contribution in [0.1, 0.15) is 23.9 Å². The molecule has 27 heavy (non-hydrogen) atoms. The van der Waals surface area contributed by atoms with Crippen LogP contribution in [0.4, 0.5) is 4.39 Å². The van der Waals surface area contributed by atoms with Crippen LogP contribution < -0.4 is 0 Å². The molecule has 0 unspecified atom stereocenters. The van der Waals surface area contributed by atoms with Crippen LogP contribution >= 0.6 is 0 Å². The van der Waals surface area contributed by atoms with Crippen molar-refractivity contribution in [3.8, 4) is 0 Å². The van der Waals surface area contributed by atoms with Crippen LogP contribution in [0.3, 0.4) is 0 Å². The zero-order valence-electron chi connectivity index (χ0n) is 14.8. The first-order valence-electron chi connectivity index (χ1n) is 8.99. The van der Waals surface area contributed by atoms with E-state index in [0.29, 0.717) is 18.4 Å². The smallest absolute Gasteiger partial charge is 0.150 e. The van der Waals surface area contributed by atoms with Gasteiger partial charge >= 0.3 is 0 Å². The lowest BCUT2D eigenvalue weighted by Gasteiger charge is -2.16. The Morgan fingerprint density at radius 2 is 1.93 bits per heavy atom. The van der Waals surface area contributed by atoms with Gasteiger partial charge in [-0.25, -0.2) is 17.8 Å². The van der Waals surface area contributed by atoms with Gasteiger partial charge in [0, 0.05) is 6.42 Å². The van der Waals surface area contributed by atoms with Crippen molar-refractivity contribution >= 4 is 20.9 Å². The summed E-state index contributed by atoms with van der Waals surface area (Å²) in [7, 11) is -2.95. The van der Waals surface area contributed by atoms with Gasteiger partial charge in [-0.3, -0.25) is 0 Å². The van der Waals surface area contributed by atoms with Gasteiger partial charge in [-0.1, -0.05) is 24.3 Å². The molecule has 0 bridgehead atoms. The van der Waals surface area contributed by atoms with E-state index < -0.39 is 15.9 Å². The van der Waals surface area contributed by atoms with Gasteiger partial charge in [0.25, 0.3) is 0 Å². The average Bonchev–Trinajstić information content (AvgIpc) is 3.15. The number of halogens is 1. The van der Waals surface area contributed by atoms with Crippen molar-refractivity contribution in [1.29, 1.82) is 0 Å². The van der Waals surface area contributed by atoms with Crippen LogP contribution in [-0.2, 0) is 22.8 Å². The number of para-hydroxylation sites is 2. The molecule has 7 heteroatoms. The zero-order chi connectivity index (χ0) is 19.0. The van der Waals surface area contributed by atoms with Gasteiger partial charge in [0.05, 0.1) is 35.2 Å². The molecule has 0 radical (unpaired) electrons. The molecule has 5 nitrogen and oxygen atoms in total. The molecule has 1 N–H and O–H groups in total. The quantitative estimate of drug-likeness (QED) is 0.730. The Bertz CT molecular complexity index is 1060. The van der Waals surface area contributed by atoms with Gasteiger partial charge in [0.2, 0.25) is 0 Å². The Labute approximate surface area is 157 Å². The minimum absolute atomic E-state index is 0.0496. The van der Waals surface area contributed by atoms with Gasteiger partial charge in [-0.15, -0.1) is 0 Å². The molecule has 3 aromatic rings. The number of hydrogen-bond acceptors (Lipinski definition) is 4. The molecule has 1 aliphatic heterocycles. The molecule has 1 aromatic heterocycles. The van der Waals surface area contributed by atoms with E-state index in [-0.39, 0.29) is 29.8 Å². The number of rotatable bonds is 5. The first-order valence-corrected chi connectivity index (χ1v) is 10.8. The summed E-state index contributed by atoms with van der Waals surface area (Å²) in [4.78, 5) is 4.68. The molecule has 2 aromatic carbocycles. The molecule has 142 valence electrons. The summed E-state index contributed by atoms with van der Waals surface area (Å²) < 4.78 is 38.7. The third-order valence-corrected chi connectivity index (χ3v) is 6.98. The number of aliphatic hydroxyl groups is 1. The maximum absolute atomic E-state index is 13.1. The summed E-state index contributed by atoms with van der Waals surface area (Å²) in [5, 5.41) is 10.6. The Morgan fingerprint density at radius 3 is 2.63 bits per heavy atom. The first-order chi connectivity index (χ1) is 12.9. The minimum atomic E-state index is -2.95. The van der Waals surface area contributed by atoms with Crippen molar-refractivity contribution in [2.24, 2.45) is 5.92 Å². The number of hydrogen-bond donors (Lipinski definition) is 1. The number of imidazole rings is 1. The molecule has 1 saturated heterocycles. The van der Waals surface area contributed by atoms with Gasteiger partial charge in [0.15, 0.2) is 9.84 Å². The molecular weight excluding hydrogens is 367 g/mol. The van der Waals surface area contributed by atoms with Gasteiger partial charge < -0.3 is 9.67 Å². The predicted octanol–water partition coefficient (Wildman–Crippen LogP) is 2.89. The fourth-order valence-electron chi connectivity index (χ4n) is 3.74. The second-order valence-electron chi connectivity index (χ2n) is 7.17. The Balaban J connectivity index is 1.64. The molecular formula is C20H21FN2O3S. The third kappa shape index (κ3) is 3.89. The molecule has 1 fully saturated rings. The lowest BCUT2D eigenvalue weighted by atomic mass is 10.0. The number of aromatic nitrogens is 2. The highest BCUT2D eigenvalue weighted by atomic mass is 32.2. The number of aliphatic hydroxyl groups excluding tert-OH is 1. The Hall–Kier alpha value is -2.25. The number of benzene rings is 2. The maximum Gasteiger partial charge on any atom is 0.150 e. The van der Waals surface area contributed by atoms with Crippen molar-refractivity contribution in [1.82, 2.24) is 9.55 Å². The third-order valence-electron chi connectivity index (χ3n) is 5.14. The monoisotopic (exact) mass is 388 g/mol. The second-order valence-corrected chi connectivity index (χ2v) is 9.40. The van der Waals surface area contributed by atoms with Crippen molar-refractivity contribution in [3.05, 3.63) is 65.7 Å². The highest BCUT2D eigenvalue weighted by Gasteiger charge is 2.29. The lowest BCUT2D eigenvalue weighted by molar-refractivity contribution is 0.156. The van der Waals surface area contributed by atoms with Crippen LogP contribution in [0.25, 0.3) is 11.0 Å².